The second-order valence-electron chi connectivity index (χ2n) is 14.0. The molecule has 1 unspecified atom stereocenters. The van der Waals surface area contributed by atoms with E-state index in [4.69, 9.17) is 4.98 Å². The number of hydrogen-bond donors (Lipinski definition) is 2. The van der Waals surface area contributed by atoms with Crippen LogP contribution in [0.15, 0.2) is 79.1 Å². The number of rotatable bonds is 7. The maximum Gasteiger partial charge on any atom is 0.269 e. The van der Waals surface area contributed by atoms with E-state index in [0.717, 1.165) is 57.2 Å². The predicted molar refractivity (Wildman–Crippen MR) is 208 cm³/mol. The van der Waals surface area contributed by atoms with Gasteiger partial charge in [-0.2, -0.15) is 0 Å². The van der Waals surface area contributed by atoms with E-state index in [2.05, 4.69) is 58.6 Å². The van der Waals surface area contributed by atoms with E-state index in [1.54, 1.807) is 29.3 Å². The first-order chi connectivity index (χ1) is 26.7. The van der Waals surface area contributed by atoms with E-state index >= 15 is 0 Å². The molecule has 5 amide bonds. The first-order valence-electron chi connectivity index (χ1n) is 18.5. The maximum absolute atomic E-state index is 13.1. The summed E-state index contributed by atoms with van der Waals surface area (Å²) in [5.41, 5.74) is 9.33. The summed E-state index contributed by atoms with van der Waals surface area (Å²) in [5.74, 6) is 4.99. The van der Waals surface area contributed by atoms with Crippen LogP contribution in [0.4, 0.5) is 5.69 Å². The summed E-state index contributed by atoms with van der Waals surface area (Å²) < 4.78 is 0. The van der Waals surface area contributed by atoms with Gasteiger partial charge in [-0.15, -0.1) is 0 Å². The number of piperidine rings is 1. The normalized spacial score (nSPS) is 16.4. The van der Waals surface area contributed by atoms with Gasteiger partial charge in [0.1, 0.15) is 11.7 Å². The third kappa shape index (κ3) is 6.72. The molecule has 1 fully saturated rings. The Balaban J connectivity index is 0.911. The average Bonchev–Trinajstić information content (AvgIpc) is 3.54. The number of fused-ring (bicyclic) bond motifs is 3. The van der Waals surface area contributed by atoms with Crippen LogP contribution in [0, 0.1) is 11.8 Å². The third-order valence-corrected chi connectivity index (χ3v) is 10.7. The van der Waals surface area contributed by atoms with Crippen LogP contribution in [0.1, 0.15) is 75.7 Å². The highest BCUT2D eigenvalue weighted by atomic mass is 16.2. The molecule has 0 radical (unpaired) electrons. The molecule has 0 aliphatic carbocycles. The van der Waals surface area contributed by atoms with Crippen LogP contribution in [0.3, 0.4) is 0 Å². The number of benzene rings is 3. The van der Waals surface area contributed by atoms with Crippen molar-refractivity contribution in [2.24, 2.45) is 0 Å². The number of anilines is 1. The van der Waals surface area contributed by atoms with Gasteiger partial charge in [-0.1, -0.05) is 49.1 Å². The Bertz CT molecular complexity index is 2500. The highest BCUT2D eigenvalue weighted by Crippen LogP contribution is 2.38. The van der Waals surface area contributed by atoms with Gasteiger partial charge in [-0.25, -0.2) is 0 Å². The molecule has 11 heteroatoms. The monoisotopic (exact) mass is 730 g/mol. The number of amides is 5. The zero-order valence-electron chi connectivity index (χ0n) is 30.6. The molecule has 0 bridgehead atoms. The average molecular weight is 731 g/mol. The van der Waals surface area contributed by atoms with Gasteiger partial charge in [0.25, 0.3) is 11.8 Å². The fraction of sp³-hybridized carbons (Fsp3) is 0.250. The summed E-state index contributed by atoms with van der Waals surface area (Å²) in [4.78, 5) is 75.0. The van der Waals surface area contributed by atoms with Gasteiger partial charge in [0.05, 0.1) is 5.69 Å². The molecular formula is C44H38N6O5. The van der Waals surface area contributed by atoms with Crippen molar-refractivity contribution < 1.29 is 24.0 Å². The van der Waals surface area contributed by atoms with E-state index in [1.807, 2.05) is 37.5 Å². The van der Waals surface area contributed by atoms with E-state index < -0.39 is 11.9 Å². The number of pyridine rings is 2. The van der Waals surface area contributed by atoms with Crippen LogP contribution < -0.4 is 15.5 Å². The molecule has 0 spiro atoms. The number of hydrogen-bond acceptors (Lipinski definition) is 7. The van der Waals surface area contributed by atoms with Crippen molar-refractivity contribution in [2.45, 2.75) is 58.0 Å². The van der Waals surface area contributed by atoms with E-state index in [0.29, 0.717) is 36.9 Å². The largest absolute Gasteiger partial charge is 0.350 e. The Morgan fingerprint density at radius 2 is 1.75 bits per heavy atom. The van der Waals surface area contributed by atoms with Crippen LogP contribution >= 0.6 is 0 Å². The molecule has 3 aliphatic rings. The fourth-order valence-corrected chi connectivity index (χ4v) is 7.76. The lowest BCUT2D eigenvalue weighted by molar-refractivity contribution is -0.137. The van der Waals surface area contributed by atoms with Crippen LogP contribution in [0.2, 0.25) is 0 Å². The number of carbonyl (C=O) groups is 5. The number of aromatic nitrogens is 2. The van der Waals surface area contributed by atoms with Crippen LogP contribution in [-0.2, 0) is 33.8 Å². The van der Waals surface area contributed by atoms with Gasteiger partial charge in [-0.05, 0) is 88.9 Å². The molecule has 5 heterocycles. The summed E-state index contributed by atoms with van der Waals surface area (Å²) >= 11 is 0. The van der Waals surface area contributed by atoms with E-state index in [9.17, 15) is 24.0 Å². The zero-order valence-corrected chi connectivity index (χ0v) is 30.6. The SMILES string of the molecule is CCc1cc(-c2cccc3cc(-c4ccc(C(=O)NCCC#Cc5cccc6c5CN(C5CCC(=O)NC5=O)C6=O)nc4)ncc23)cc2c1CCC(=O)N2C. The lowest BCUT2D eigenvalue weighted by Gasteiger charge is -2.29. The Kier molecular flexibility index (Phi) is 9.41. The van der Waals surface area contributed by atoms with Crippen molar-refractivity contribution in [1.29, 1.82) is 0 Å². The smallest absolute Gasteiger partial charge is 0.269 e. The van der Waals surface area contributed by atoms with E-state index in [1.165, 1.54) is 16.0 Å². The second-order valence-corrected chi connectivity index (χ2v) is 14.0. The molecule has 8 rings (SSSR count). The Labute approximate surface area is 318 Å². The zero-order chi connectivity index (χ0) is 38.2. The molecule has 2 N–H and O–H groups in total. The van der Waals surface area contributed by atoms with Gasteiger partial charge in [0, 0.05) is 79.6 Å². The molecule has 0 saturated carbocycles. The molecule has 1 saturated heterocycles. The molecule has 1 atom stereocenters. The molecule has 55 heavy (non-hydrogen) atoms. The van der Waals surface area contributed by atoms with Crippen molar-refractivity contribution in [3.63, 3.8) is 0 Å². The van der Waals surface area contributed by atoms with Gasteiger partial charge in [0.15, 0.2) is 0 Å². The van der Waals surface area contributed by atoms with Gasteiger partial charge >= 0.3 is 0 Å². The Morgan fingerprint density at radius 1 is 0.909 bits per heavy atom. The molecule has 5 aromatic rings. The number of carbonyl (C=O) groups excluding carboxylic acids is 5. The molecule has 274 valence electrons. The summed E-state index contributed by atoms with van der Waals surface area (Å²) in [5, 5.41) is 7.21. The maximum atomic E-state index is 13.1. The minimum atomic E-state index is -0.689. The Morgan fingerprint density at radius 3 is 2.55 bits per heavy atom. The quantitative estimate of drug-likeness (QED) is 0.130. The molecule has 3 aromatic carbocycles. The topological polar surface area (TPSA) is 142 Å². The summed E-state index contributed by atoms with van der Waals surface area (Å²) in [6.07, 6.45) is 6.57. The van der Waals surface area contributed by atoms with Crippen molar-refractivity contribution >= 4 is 46.0 Å². The van der Waals surface area contributed by atoms with Gasteiger partial charge < -0.3 is 15.1 Å². The highest BCUT2D eigenvalue weighted by Gasteiger charge is 2.39. The van der Waals surface area contributed by atoms with Crippen LogP contribution in [0.25, 0.3) is 33.2 Å². The minimum absolute atomic E-state index is 0.133. The number of imide groups is 1. The van der Waals surface area contributed by atoms with Crippen LogP contribution in [0.5, 0.6) is 0 Å². The van der Waals surface area contributed by atoms with E-state index in [-0.39, 0.29) is 42.3 Å². The van der Waals surface area contributed by atoms with Gasteiger partial charge in [-0.3, -0.25) is 39.3 Å². The van der Waals surface area contributed by atoms with Gasteiger partial charge in [0.2, 0.25) is 17.7 Å². The predicted octanol–water partition coefficient (Wildman–Crippen LogP) is 5.37. The van der Waals surface area contributed by atoms with Crippen molar-refractivity contribution in [3.05, 3.63) is 113 Å². The lowest BCUT2D eigenvalue weighted by atomic mass is 9.89. The summed E-state index contributed by atoms with van der Waals surface area (Å²) in [6.45, 7) is 2.70. The number of aryl methyl sites for hydroxylation is 1. The van der Waals surface area contributed by atoms with Crippen molar-refractivity contribution in [2.75, 3.05) is 18.5 Å². The second kappa shape index (κ2) is 14.6. The number of nitrogens with zero attached hydrogens (tertiary/aromatic N) is 4. The first-order valence-corrected chi connectivity index (χ1v) is 18.5. The molecule has 11 nitrogen and oxygen atoms in total. The lowest BCUT2D eigenvalue weighted by Crippen LogP contribution is -2.52. The summed E-state index contributed by atoms with van der Waals surface area (Å²) in [6, 6.07) is 20.7. The number of nitrogens with one attached hydrogen (secondary N) is 2. The van der Waals surface area contributed by atoms with Crippen molar-refractivity contribution in [1.82, 2.24) is 25.5 Å². The van der Waals surface area contributed by atoms with Crippen LogP contribution in [-0.4, -0.2) is 64.0 Å². The Hall–Kier alpha value is -6.67. The highest BCUT2D eigenvalue weighted by molar-refractivity contribution is 6.06. The molecular weight excluding hydrogens is 693 g/mol. The fourth-order valence-electron chi connectivity index (χ4n) is 7.76. The standard InChI is InChI=1S/C44H38N6O5/c1-3-26-20-30(22-39-32(26)14-18-41(52)49(39)2)31-11-7-10-28-21-37(47-24-34(28)31)29-13-15-36(46-23-29)42(53)45-19-5-4-8-27-9-6-12-33-35(27)25-50(44(33)55)38-16-17-40(51)48-43(38)54/h6-7,9-13,15,20-24,38H,3,5,14,16-19,25H2,1-2H3,(H,45,53)(H,48,51,54). The van der Waals surface area contributed by atoms with Crippen molar-refractivity contribution in [3.8, 4) is 34.2 Å². The summed E-state index contributed by atoms with van der Waals surface area (Å²) in [7, 11) is 1.85. The minimum Gasteiger partial charge on any atom is -0.350 e. The first kappa shape index (κ1) is 35.4. The molecule has 2 aromatic heterocycles. The third-order valence-electron chi connectivity index (χ3n) is 10.7. The molecule has 3 aliphatic heterocycles.